The zero-order valence-electron chi connectivity index (χ0n) is 11.5. The molecule has 0 radical (unpaired) electrons. The Kier molecular flexibility index (Phi) is 4.69. The molecular formula is C14H16BrNO2S2. The summed E-state index contributed by atoms with van der Waals surface area (Å²) in [5, 5.41) is 0. The summed E-state index contributed by atoms with van der Waals surface area (Å²) in [5.41, 5.74) is 2.99. The Morgan fingerprint density at radius 1 is 1.20 bits per heavy atom. The second kappa shape index (κ2) is 5.97. The summed E-state index contributed by atoms with van der Waals surface area (Å²) in [6.07, 6.45) is 0. The molecule has 0 spiro atoms. The van der Waals surface area contributed by atoms with Crippen molar-refractivity contribution in [3.8, 4) is 0 Å². The lowest BCUT2D eigenvalue weighted by Gasteiger charge is -2.15. The highest BCUT2D eigenvalue weighted by atomic mass is 79.9. The summed E-state index contributed by atoms with van der Waals surface area (Å²) in [6.45, 7) is 5.71. The van der Waals surface area contributed by atoms with Crippen molar-refractivity contribution < 1.29 is 8.42 Å². The van der Waals surface area contributed by atoms with E-state index in [4.69, 9.17) is 0 Å². The monoisotopic (exact) mass is 373 g/mol. The summed E-state index contributed by atoms with van der Waals surface area (Å²) >= 11 is 4.59. The molecule has 1 N–H and O–H groups in total. The molecule has 2 rings (SSSR count). The summed E-state index contributed by atoms with van der Waals surface area (Å²) in [4.78, 5) is 0. The van der Waals surface area contributed by atoms with E-state index < -0.39 is 10.0 Å². The molecule has 0 bridgehead atoms. The van der Waals surface area contributed by atoms with Crippen molar-refractivity contribution in [1.82, 2.24) is 4.72 Å². The molecule has 0 saturated carbocycles. The largest absolute Gasteiger partial charge is 0.250 e. The van der Waals surface area contributed by atoms with E-state index in [1.165, 1.54) is 11.3 Å². The molecule has 6 heteroatoms. The van der Waals surface area contributed by atoms with Crippen molar-refractivity contribution in [2.75, 3.05) is 0 Å². The Morgan fingerprint density at radius 2 is 1.85 bits per heavy atom. The van der Waals surface area contributed by atoms with E-state index in [-0.39, 0.29) is 6.04 Å². The van der Waals surface area contributed by atoms with Gasteiger partial charge in [-0.3, -0.25) is 0 Å². The zero-order chi connectivity index (χ0) is 14.9. The zero-order valence-corrected chi connectivity index (χ0v) is 14.7. The Labute approximate surface area is 132 Å². The minimum absolute atomic E-state index is 0.262. The number of thiophene rings is 1. The molecule has 20 heavy (non-hydrogen) atoms. The topological polar surface area (TPSA) is 46.2 Å². The molecule has 1 aromatic heterocycles. The van der Waals surface area contributed by atoms with Gasteiger partial charge in [0.15, 0.2) is 0 Å². The maximum absolute atomic E-state index is 12.4. The average Bonchev–Trinajstić information content (AvgIpc) is 2.70. The van der Waals surface area contributed by atoms with Gasteiger partial charge in [-0.2, -0.15) is 0 Å². The van der Waals surface area contributed by atoms with E-state index in [9.17, 15) is 8.42 Å². The first kappa shape index (κ1) is 15.7. The summed E-state index contributed by atoms with van der Waals surface area (Å²) in [6, 6.07) is 9.20. The fourth-order valence-corrected chi connectivity index (χ4v) is 5.46. The SMILES string of the molecule is Cc1ccccc1C(C)NS(=O)(=O)c1cc(C)c(Br)s1. The third-order valence-corrected chi connectivity index (χ3v) is 7.24. The molecular weight excluding hydrogens is 358 g/mol. The standard InChI is InChI=1S/C14H16BrNO2S2/c1-9-6-4-5-7-12(9)11(3)16-20(17,18)13-8-10(2)14(15)19-13/h4-8,11,16H,1-3H3. The summed E-state index contributed by atoms with van der Waals surface area (Å²) in [7, 11) is -3.49. The van der Waals surface area contributed by atoms with E-state index in [1.54, 1.807) is 6.07 Å². The van der Waals surface area contributed by atoms with Gasteiger partial charge in [0.25, 0.3) is 10.0 Å². The number of aryl methyl sites for hydroxylation is 2. The normalized spacial score (nSPS) is 13.4. The quantitative estimate of drug-likeness (QED) is 0.873. The van der Waals surface area contributed by atoms with Crippen LogP contribution in [0.5, 0.6) is 0 Å². The van der Waals surface area contributed by atoms with Gasteiger partial charge in [0.2, 0.25) is 0 Å². The lowest BCUT2D eigenvalue weighted by molar-refractivity contribution is 0.568. The van der Waals surface area contributed by atoms with Crippen LogP contribution in [0, 0.1) is 13.8 Å². The van der Waals surface area contributed by atoms with Gasteiger partial charge < -0.3 is 0 Å². The second-order valence-corrected chi connectivity index (χ2v) is 9.03. The number of sulfonamides is 1. The highest BCUT2D eigenvalue weighted by Crippen LogP contribution is 2.31. The molecule has 0 amide bonds. The Bertz CT molecular complexity index is 703. The number of hydrogen-bond donors (Lipinski definition) is 1. The average molecular weight is 374 g/mol. The number of halogens is 1. The van der Waals surface area contributed by atoms with Crippen LogP contribution in [-0.4, -0.2) is 8.42 Å². The van der Waals surface area contributed by atoms with E-state index in [2.05, 4.69) is 20.7 Å². The van der Waals surface area contributed by atoms with Gasteiger partial charge in [0.1, 0.15) is 4.21 Å². The third-order valence-electron chi connectivity index (χ3n) is 3.09. The Morgan fingerprint density at radius 3 is 2.40 bits per heavy atom. The first-order valence-corrected chi connectivity index (χ1v) is 9.24. The minimum Gasteiger partial charge on any atom is -0.206 e. The Hall–Kier alpha value is -0.690. The van der Waals surface area contributed by atoms with Crippen LogP contribution in [0.1, 0.15) is 29.7 Å². The van der Waals surface area contributed by atoms with Crippen molar-refractivity contribution in [2.24, 2.45) is 0 Å². The van der Waals surface area contributed by atoms with E-state index in [1.807, 2.05) is 45.0 Å². The van der Waals surface area contributed by atoms with Gasteiger partial charge in [0, 0.05) is 6.04 Å². The molecule has 1 aromatic carbocycles. The Balaban J connectivity index is 2.27. The fraction of sp³-hybridized carbons (Fsp3) is 0.286. The molecule has 2 aromatic rings. The molecule has 1 atom stereocenters. The maximum atomic E-state index is 12.4. The second-order valence-electron chi connectivity index (χ2n) is 4.72. The first-order chi connectivity index (χ1) is 9.31. The molecule has 0 aliphatic heterocycles. The minimum atomic E-state index is -3.49. The predicted molar refractivity (Wildman–Crippen MR) is 86.7 cm³/mol. The van der Waals surface area contributed by atoms with Crippen LogP contribution in [-0.2, 0) is 10.0 Å². The number of rotatable bonds is 4. The lowest BCUT2D eigenvalue weighted by atomic mass is 10.0. The van der Waals surface area contributed by atoms with Gasteiger partial charge in [-0.1, -0.05) is 24.3 Å². The van der Waals surface area contributed by atoms with E-state index in [0.717, 1.165) is 20.5 Å². The van der Waals surface area contributed by atoms with Crippen LogP contribution in [0.15, 0.2) is 38.3 Å². The van der Waals surface area contributed by atoms with Crippen LogP contribution in [0.4, 0.5) is 0 Å². The van der Waals surface area contributed by atoms with Crippen LogP contribution < -0.4 is 4.72 Å². The third kappa shape index (κ3) is 3.31. The van der Waals surface area contributed by atoms with Gasteiger partial charge in [-0.25, -0.2) is 13.1 Å². The van der Waals surface area contributed by atoms with E-state index >= 15 is 0 Å². The van der Waals surface area contributed by atoms with Crippen molar-refractivity contribution in [2.45, 2.75) is 31.0 Å². The lowest BCUT2D eigenvalue weighted by Crippen LogP contribution is -2.26. The van der Waals surface area contributed by atoms with Crippen LogP contribution in [0.3, 0.4) is 0 Å². The summed E-state index contributed by atoms with van der Waals surface area (Å²) in [5.74, 6) is 0. The first-order valence-electron chi connectivity index (χ1n) is 6.15. The number of hydrogen-bond acceptors (Lipinski definition) is 3. The van der Waals surface area contributed by atoms with Crippen molar-refractivity contribution >= 4 is 37.3 Å². The highest BCUT2D eigenvalue weighted by molar-refractivity contribution is 9.11. The predicted octanol–water partition coefficient (Wildman–Crippen LogP) is 4.17. The molecule has 3 nitrogen and oxygen atoms in total. The molecule has 0 fully saturated rings. The molecule has 1 heterocycles. The van der Waals surface area contributed by atoms with Crippen LogP contribution in [0.25, 0.3) is 0 Å². The molecule has 0 aliphatic carbocycles. The van der Waals surface area contributed by atoms with Gasteiger partial charge in [-0.05, 0) is 59.5 Å². The van der Waals surface area contributed by atoms with Crippen molar-refractivity contribution in [3.63, 3.8) is 0 Å². The van der Waals surface area contributed by atoms with Gasteiger partial charge >= 0.3 is 0 Å². The molecule has 108 valence electrons. The maximum Gasteiger partial charge on any atom is 0.250 e. The molecule has 0 saturated heterocycles. The molecule has 0 aliphatic rings. The van der Waals surface area contributed by atoms with Crippen molar-refractivity contribution in [1.29, 1.82) is 0 Å². The van der Waals surface area contributed by atoms with Crippen LogP contribution >= 0.6 is 27.3 Å². The summed E-state index contributed by atoms with van der Waals surface area (Å²) < 4.78 is 28.7. The highest BCUT2D eigenvalue weighted by Gasteiger charge is 2.21. The number of nitrogens with one attached hydrogen (secondary N) is 1. The molecule has 1 unspecified atom stereocenters. The van der Waals surface area contributed by atoms with Gasteiger partial charge in [-0.15, -0.1) is 11.3 Å². The van der Waals surface area contributed by atoms with Gasteiger partial charge in [0.05, 0.1) is 3.79 Å². The number of benzene rings is 1. The van der Waals surface area contributed by atoms with Crippen LogP contribution in [0.2, 0.25) is 0 Å². The fourth-order valence-electron chi connectivity index (χ4n) is 1.99. The smallest absolute Gasteiger partial charge is 0.206 e. The van der Waals surface area contributed by atoms with Crippen molar-refractivity contribution in [3.05, 3.63) is 50.8 Å². The van der Waals surface area contributed by atoms with E-state index in [0.29, 0.717) is 4.21 Å².